The number of nitro groups is 1. The van der Waals surface area contributed by atoms with E-state index in [1.807, 2.05) is 6.92 Å². The summed E-state index contributed by atoms with van der Waals surface area (Å²) in [4.78, 5) is 20.8. The Labute approximate surface area is 87.3 Å². The van der Waals surface area contributed by atoms with E-state index in [0.29, 0.717) is 13.0 Å². The molecule has 0 radical (unpaired) electrons. The largest absolute Gasteiger partial charge is 0.465 e. The molecule has 0 N–H and O–H groups in total. The number of carbonyl (C=O) groups excluding carboxylic acids is 1. The standard InChI is InChI=1S/C8H15NO4S/c1-3-7(5-9(11)12)14-6-8(10)13-4-2/h7H,3-6H2,1-2H3. The van der Waals surface area contributed by atoms with Gasteiger partial charge in [-0.25, -0.2) is 0 Å². The zero-order valence-corrected chi connectivity index (χ0v) is 9.21. The van der Waals surface area contributed by atoms with Gasteiger partial charge in [-0.15, -0.1) is 11.8 Å². The number of esters is 1. The van der Waals surface area contributed by atoms with Crippen LogP contribution in [0.3, 0.4) is 0 Å². The Hall–Kier alpha value is -0.780. The molecule has 0 heterocycles. The highest BCUT2D eigenvalue weighted by atomic mass is 32.2. The highest BCUT2D eigenvalue weighted by molar-refractivity contribution is 8.00. The topological polar surface area (TPSA) is 69.4 Å². The quantitative estimate of drug-likeness (QED) is 0.368. The van der Waals surface area contributed by atoms with E-state index in [1.54, 1.807) is 6.92 Å². The Bertz CT molecular complexity index is 198. The third kappa shape index (κ3) is 6.71. The first kappa shape index (κ1) is 13.2. The molecule has 0 fully saturated rings. The minimum absolute atomic E-state index is 0.0967. The van der Waals surface area contributed by atoms with E-state index in [9.17, 15) is 14.9 Å². The van der Waals surface area contributed by atoms with Crippen molar-refractivity contribution in [3.8, 4) is 0 Å². The van der Waals surface area contributed by atoms with Crippen LogP contribution >= 0.6 is 11.8 Å². The molecule has 0 saturated carbocycles. The van der Waals surface area contributed by atoms with E-state index in [4.69, 9.17) is 4.74 Å². The molecule has 0 aromatic rings. The first-order valence-corrected chi connectivity index (χ1v) is 5.54. The maximum absolute atomic E-state index is 10.9. The van der Waals surface area contributed by atoms with Crippen molar-refractivity contribution >= 4 is 17.7 Å². The maximum atomic E-state index is 10.9. The van der Waals surface area contributed by atoms with Crippen molar-refractivity contribution in [2.24, 2.45) is 0 Å². The summed E-state index contributed by atoms with van der Waals surface area (Å²) in [5.74, 6) is -0.112. The Balaban J connectivity index is 3.71. The number of nitrogens with zero attached hydrogens (tertiary/aromatic N) is 1. The van der Waals surface area contributed by atoms with E-state index < -0.39 is 0 Å². The normalized spacial score (nSPS) is 12.1. The number of ether oxygens (including phenoxy) is 1. The highest BCUT2D eigenvalue weighted by Crippen LogP contribution is 2.14. The minimum atomic E-state index is -0.355. The minimum Gasteiger partial charge on any atom is -0.465 e. The van der Waals surface area contributed by atoms with Crippen LogP contribution in [0.15, 0.2) is 0 Å². The van der Waals surface area contributed by atoms with Gasteiger partial charge in [-0.3, -0.25) is 14.9 Å². The van der Waals surface area contributed by atoms with Crippen LogP contribution in [-0.4, -0.2) is 35.0 Å². The monoisotopic (exact) mass is 221 g/mol. The van der Waals surface area contributed by atoms with Gasteiger partial charge in [0.05, 0.1) is 17.6 Å². The third-order valence-corrected chi connectivity index (χ3v) is 2.91. The van der Waals surface area contributed by atoms with E-state index in [2.05, 4.69) is 0 Å². The molecule has 1 unspecified atom stereocenters. The molecular formula is C8H15NO4S. The van der Waals surface area contributed by atoms with Gasteiger partial charge >= 0.3 is 5.97 Å². The number of hydrogen-bond acceptors (Lipinski definition) is 5. The van der Waals surface area contributed by atoms with E-state index >= 15 is 0 Å². The van der Waals surface area contributed by atoms with Gasteiger partial charge in [-0.05, 0) is 13.3 Å². The predicted octanol–water partition coefficient (Wildman–Crippen LogP) is 1.34. The Morgan fingerprint density at radius 2 is 2.21 bits per heavy atom. The van der Waals surface area contributed by atoms with Gasteiger partial charge in [0.2, 0.25) is 6.54 Å². The second kappa shape index (κ2) is 7.61. The number of carbonyl (C=O) groups is 1. The first-order chi connectivity index (χ1) is 6.60. The molecule has 6 heteroatoms. The van der Waals surface area contributed by atoms with E-state index in [1.165, 1.54) is 11.8 Å². The summed E-state index contributed by atoms with van der Waals surface area (Å²) < 4.78 is 4.71. The zero-order chi connectivity index (χ0) is 11.0. The molecule has 0 bridgehead atoms. The lowest BCUT2D eigenvalue weighted by atomic mass is 10.3. The molecule has 1 atom stereocenters. The van der Waals surface area contributed by atoms with Gasteiger partial charge in [0.1, 0.15) is 0 Å². The zero-order valence-electron chi connectivity index (χ0n) is 8.39. The predicted molar refractivity (Wildman–Crippen MR) is 55.0 cm³/mol. The summed E-state index contributed by atoms with van der Waals surface area (Å²) >= 11 is 1.28. The van der Waals surface area contributed by atoms with Crippen molar-refractivity contribution in [3.05, 3.63) is 10.1 Å². The van der Waals surface area contributed by atoms with Crippen LogP contribution in [-0.2, 0) is 9.53 Å². The molecule has 0 rings (SSSR count). The van der Waals surface area contributed by atoms with Crippen molar-refractivity contribution in [2.75, 3.05) is 18.9 Å². The van der Waals surface area contributed by atoms with Crippen molar-refractivity contribution < 1.29 is 14.5 Å². The highest BCUT2D eigenvalue weighted by Gasteiger charge is 2.15. The molecule has 0 aliphatic carbocycles. The van der Waals surface area contributed by atoms with Gasteiger partial charge < -0.3 is 4.74 Å². The van der Waals surface area contributed by atoms with Crippen LogP contribution in [0.5, 0.6) is 0 Å². The Morgan fingerprint density at radius 1 is 1.57 bits per heavy atom. The third-order valence-electron chi connectivity index (χ3n) is 1.55. The first-order valence-electron chi connectivity index (χ1n) is 4.49. The van der Waals surface area contributed by atoms with Gasteiger partial charge in [0.25, 0.3) is 0 Å². The maximum Gasteiger partial charge on any atom is 0.315 e. The van der Waals surface area contributed by atoms with Crippen LogP contribution in [0.25, 0.3) is 0 Å². The van der Waals surface area contributed by atoms with Gasteiger partial charge in [-0.1, -0.05) is 6.92 Å². The van der Waals surface area contributed by atoms with Gasteiger partial charge in [0, 0.05) is 4.92 Å². The van der Waals surface area contributed by atoms with Crippen LogP contribution in [0.4, 0.5) is 0 Å². The second-order valence-electron chi connectivity index (χ2n) is 2.66. The SMILES string of the molecule is CCOC(=O)CSC(CC)C[N+](=O)[O-]. The fourth-order valence-electron chi connectivity index (χ4n) is 0.854. The van der Waals surface area contributed by atoms with Crippen molar-refractivity contribution in [1.82, 2.24) is 0 Å². The van der Waals surface area contributed by atoms with Crippen LogP contribution < -0.4 is 0 Å². The second-order valence-corrected chi connectivity index (χ2v) is 3.95. The summed E-state index contributed by atoms with van der Waals surface area (Å²) in [5.41, 5.74) is 0. The molecule has 0 spiro atoms. The fourth-order valence-corrected chi connectivity index (χ4v) is 1.77. The Kier molecular flexibility index (Phi) is 7.18. The lowest BCUT2D eigenvalue weighted by Gasteiger charge is -2.08. The summed E-state index contributed by atoms with van der Waals surface area (Å²) in [6, 6.07) is 0. The molecule has 0 amide bonds. The van der Waals surface area contributed by atoms with E-state index in [-0.39, 0.29) is 28.4 Å². The average molecular weight is 221 g/mol. The average Bonchev–Trinajstić information content (AvgIpc) is 2.12. The van der Waals surface area contributed by atoms with Crippen molar-refractivity contribution in [2.45, 2.75) is 25.5 Å². The Morgan fingerprint density at radius 3 is 2.64 bits per heavy atom. The summed E-state index contributed by atoms with van der Waals surface area (Å²) in [6.07, 6.45) is 0.686. The smallest absolute Gasteiger partial charge is 0.315 e. The number of thioether (sulfide) groups is 1. The van der Waals surface area contributed by atoms with Crippen LogP contribution in [0.2, 0.25) is 0 Å². The molecule has 14 heavy (non-hydrogen) atoms. The van der Waals surface area contributed by atoms with Gasteiger partial charge in [0.15, 0.2) is 0 Å². The fraction of sp³-hybridized carbons (Fsp3) is 0.875. The number of rotatable bonds is 7. The van der Waals surface area contributed by atoms with Crippen molar-refractivity contribution in [1.29, 1.82) is 0 Å². The van der Waals surface area contributed by atoms with Crippen LogP contribution in [0, 0.1) is 10.1 Å². The molecule has 0 aromatic heterocycles. The molecule has 82 valence electrons. The lowest BCUT2D eigenvalue weighted by molar-refractivity contribution is -0.479. The summed E-state index contributed by atoms with van der Waals surface area (Å²) in [7, 11) is 0. The summed E-state index contributed by atoms with van der Waals surface area (Å²) in [5, 5.41) is 10.1. The summed E-state index contributed by atoms with van der Waals surface area (Å²) in [6.45, 7) is 3.86. The molecule has 0 saturated heterocycles. The molecule has 0 aliphatic rings. The lowest BCUT2D eigenvalue weighted by Crippen LogP contribution is -2.18. The van der Waals surface area contributed by atoms with Crippen molar-refractivity contribution in [3.63, 3.8) is 0 Å². The molecule has 0 aromatic carbocycles. The molecular weight excluding hydrogens is 206 g/mol. The number of hydrogen-bond donors (Lipinski definition) is 0. The van der Waals surface area contributed by atoms with E-state index in [0.717, 1.165) is 0 Å². The van der Waals surface area contributed by atoms with Crippen LogP contribution in [0.1, 0.15) is 20.3 Å². The molecule has 5 nitrogen and oxygen atoms in total. The van der Waals surface area contributed by atoms with Gasteiger partial charge in [-0.2, -0.15) is 0 Å². The molecule has 0 aliphatic heterocycles.